The lowest BCUT2D eigenvalue weighted by atomic mass is 10.2. The number of nitrogens with one attached hydrogen (secondary N) is 1. The number of anilines is 1. The van der Waals surface area contributed by atoms with Crippen LogP contribution in [-0.4, -0.2) is 35.8 Å². The van der Waals surface area contributed by atoms with Gasteiger partial charge < -0.3 is 15.2 Å². The summed E-state index contributed by atoms with van der Waals surface area (Å²) in [6.07, 6.45) is 0.522. The van der Waals surface area contributed by atoms with E-state index in [1.807, 2.05) is 0 Å². The molecule has 0 saturated heterocycles. The van der Waals surface area contributed by atoms with E-state index in [4.69, 9.17) is 9.84 Å². The number of carbonyl (C=O) groups is 2. The molecule has 6 nitrogen and oxygen atoms in total. The second-order valence-electron chi connectivity index (χ2n) is 4.50. The molecular formula is C14H16N2O4. The number of amides is 2. The Bertz CT molecular complexity index is 544. The van der Waals surface area contributed by atoms with Gasteiger partial charge in [-0.3, -0.25) is 4.90 Å². The molecule has 106 valence electrons. The number of carboxylic acids is 1. The maximum Gasteiger partial charge on any atom is 0.346 e. The molecule has 2 atom stereocenters. The molecule has 1 heterocycles. The highest BCUT2D eigenvalue weighted by molar-refractivity contribution is 5.95. The fraction of sp³-hybridized carbons (Fsp3) is 0.286. The van der Waals surface area contributed by atoms with Crippen molar-refractivity contribution in [2.24, 2.45) is 0 Å². The van der Waals surface area contributed by atoms with Crippen molar-refractivity contribution in [2.45, 2.75) is 19.1 Å². The van der Waals surface area contributed by atoms with Crippen LogP contribution in [0.5, 0.6) is 5.75 Å². The standard InChI is InChI=1S/C14H16N2O4/c1-3-9(2)15-14(19)16-8-12(13(17)18)20-11-7-5-4-6-10(11)16/h3-7,9,12H,1,8H2,2H3,(H,15,19)(H,17,18). The molecule has 0 saturated carbocycles. The van der Waals surface area contributed by atoms with Crippen molar-refractivity contribution in [3.05, 3.63) is 36.9 Å². The van der Waals surface area contributed by atoms with Gasteiger partial charge >= 0.3 is 12.0 Å². The summed E-state index contributed by atoms with van der Waals surface area (Å²) < 4.78 is 5.36. The van der Waals surface area contributed by atoms with Gasteiger partial charge in [-0.1, -0.05) is 18.2 Å². The summed E-state index contributed by atoms with van der Waals surface area (Å²) in [6.45, 7) is 5.34. The number of hydrogen-bond acceptors (Lipinski definition) is 3. The average molecular weight is 276 g/mol. The van der Waals surface area contributed by atoms with E-state index < -0.39 is 12.1 Å². The van der Waals surface area contributed by atoms with Gasteiger partial charge in [0.05, 0.1) is 12.2 Å². The monoisotopic (exact) mass is 276 g/mol. The number of aliphatic carboxylic acids is 1. The van der Waals surface area contributed by atoms with Crippen molar-refractivity contribution in [1.29, 1.82) is 0 Å². The van der Waals surface area contributed by atoms with Gasteiger partial charge in [0.15, 0.2) is 0 Å². The lowest BCUT2D eigenvalue weighted by molar-refractivity contribution is -0.144. The molecule has 1 aromatic rings. The molecule has 0 fully saturated rings. The van der Waals surface area contributed by atoms with E-state index in [0.29, 0.717) is 11.4 Å². The third kappa shape index (κ3) is 2.74. The highest BCUT2D eigenvalue weighted by atomic mass is 16.5. The first kappa shape index (κ1) is 13.9. The van der Waals surface area contributed by atoms with Crippen molar-refractivity contribution in [2.75, 3.05) is 11.4 Å². The second kappa shape index (κ2) is 5.64. The topological polar surface area (TPSA) is 78.9 Å². The molecule has 1 aliphatic heterocycles. The van der Waals surface area contributed by atoms with Crippen LogP contribution < -0.4 is 15.0 Å². The maximum absolute atomic E-state index is 12.2. The molecule has 0 aromatic heterocycles. The Balaban J connectivity index is 2.28. The summed E-state index contributed by atoms with van der Waals surface area (Å²) in [6, 6.07) is 6.26. The van der Waals surface area contributed by atoms with Crippen LogP contribution in [0.4, 0.5) is 10.5 Å². The number of carboxylic acid groups (broad SMARTS) is 1. The van der Waals surface area contributed by atoms with Crippen molar-refractivity contribution in [3.8, 4) is 5.75 Å². The minimum atomic E-state index is -1.10. The number of ether oxygens (including phenoxy) is 1. The largest absolute Gasteiger partial charge is 0.478 e. The predicted octanol–water partition coefficient (Wildman–Crippen LogP) is 1.62. The van der Waals surface area contributed by atoms with Crippen LogP contribution in [0.25, 0.3) is 0 Å². The second-order valence-corrected chi connectivity index (χ2v) is 4.50. The lowest BCUT2D eigenvalue weighted by Crippen LogP contribution is -2.51. The molecule has 0 radical (unpaired) electrons. The number of benzene rings is 1. The van der Waals surface area contributed by atoms with Crippen LogP contribution in [0.3, 0.4) is 0 Å². The molecule has 2 rings (SSSR count). The Morgan fingerprint density at radius 2 is 2.25 bits per heavy atom. The zero-order valence-corrected chi connectivity index (χ0v) is 11.1. The summed E-state index contributed by atoms with van der Waals surface area (Å²) in [7, 11) is 0. The molecule has 2 unspecified atom stereocenters. The van der Waals surface area contributed by atoms with Gasteiger partial charge in [-0.25, -0.2) is 9.59 Å². The first-order chi connectivity index (χ1) is 9.52. The highest BCUT2D eigenvalue weighted by Crippen LogP contribution is 2.33. The maximum atomic E-state index is 12.2. The van der Waals surface area contributed by atoms with Gasteiger partial charge in [-0.15, -0.1) is 6.58 Å². The fourth-order valence-electron chi connectivity index (χ4n) is 1.89. The third-order valence-corrected chi connectivity index (χ3v) is 3.00. The quantitative estimate of drug-likeness (QED) is 0.822. The van der Waals surface area contributed by atoms with Gasteiger partial charge in [-0.2, -0.15) is 0 Å². The molecule has 20 heavy (non-hydrogen) atoms. The third-order valence-electron chi connectivity index (χ3n) is 3.00. The molecular weight excluding hydrogens is 260 g/mol. The number of urea groups is 1. The Morgan fingerprint density at radius 1 is 1.55 bits per heavy atom. The van der Waals surface area contributed by atoms with Crippen LogP contribution >= 0.6 is 0 Å². The number of nitrogens with zero attached hydrogens (tertiary/aromatic N) is 1. The van der Waals surface area contributed by atoms with Crippen LogP contribution in [0.2, 0.25) is 0 Å². The summed E-state index contributed by atoms with van der Waals surface area (Å²) in [5.74, 6) is -0.721. The summed E-state index contributed by atoms with van der Waals surface area (Å²) >= 11 is 0. The van der Waals surface area contributed by atoms with Gasteiger partial charge in [0.2, 0.25) is 6.10 Å². The van der Waals surface area contributed by atoms with E-state index >= 15 is 0 Å². The Hall–Kier alpha value is -2.50. The first-order valence-electron chi connectivity index (χ1n) is 6.22. The number of hydrogen-bond donors (Lipinski definition) is 2. The molecule has 0 aliphatic carbocycles. The summed E-state index contributed by atoms with van der Waals surface area (Å²) in [5, 5.41) is 11.8. The Morgan fingerprint density at radius 3 is 2.90 bits per heavy atom. The van der Waals surface area contributed by atoms with Crippen LogP contribution in [0, 0.1) is 0 Å². The van der Waals surface area contributed by atoms with Gasteiger partial charge in [0.1, 0.15) is 5.75 Å². The summed E-state index contributed by atoms with van der Waals surface area (Å²) in [4.78, 5) is 24.7. The van der Waals surface area contributed by atoms with Crippen molar-refractivity contribution in [1.82, 2.24) is 5.32 Å². The smallest absolute Gasteiger partial charge is 0.346 e. The molecule has 6 heteroatoms. The molecule has 1 aliphatic rings. The van der Waals surface area contributed by atoms with E-state index in [9.17, 15) is 9.59 Å². The average Bonchev–Trinajstić information content (AvgIpc) is 2.45. The van der Waals surface area contributed by atoms with Crippen LogP contribution in [-0.2, 0) is 4.79 Å². The molecule has 2 amide bonds. The van der Waals surface area contributed by atoms with Gasteiger partial charge in [-0.05, 0) is 19.1 Å². The molecule has 2 N–H and O–H groups in total. The predicted molar refractivity (Wildman–Crippen MR) is 74.0 cm³/mol. The van der Waals surface area contributed by atoms with Crippen LogP contribution in [0.15, 0.2) is 36.9 Å². The minimum Gasteiger partial charge on any atom is -0.478 e. The van der Waals surface area contributed by atoms with E-state index in [1.165, 1.54) is 4.90 Å². The van der Waals surface area contributed by atoms with E-state index in [2.05, 4.69) is 11.9 Å². The molecule has 1 aromatic carbocycles. The number of fused-ring (bicyclic) bond motifs is 1. The van der Waals surface area contributed by atoms with Crippen molar-refractivity contribution < 1.29 is 19.4 Å². The van der Waals surface area contributed by atoms with Gasteiger partial charge in [0, 0.05) is 6.04 Å². The fourth-order valence-corrected chi connectivity index (χ4v) is 1.89. The molecule has 0 spiro atoms. The number of para-hydroxylation sites is 2. The van der Waals surface area contributed by atoms with Gasteiger partial charge in [0.25, 0.3) is 0 Å². The number of carbonyl (C=O) groups excluding carboxylic acids is 1. The first-order valence-corrected chi connectivity index (χ1v) is 6.22. The Kier molecular flexibility index (Phi) is 3.93. The van der Waals surface area contributed by atoms with E-state index in [-0.39, 0.29) is 18.6 Å². The molecule has 0 bridgehead atoms. The minimum absolute atomic E-state index is 0.0396. The van der Waals surface area contributed by atoms with Crippen LogP contribution in [0.1, 0.15) is 6.92 Å². The van der Waals surface area contributed by atoms with Crippen molar-refractivity contribution >= 4 is 17.7 Å². The normalized spacial score (nSPS) is 18.4. The zero-order valence-electron chi connectivity index (χ0n) is 11.1. The Labute approximate surface area is 116 Å². The van der Waals surface area contributed by atoms with E-state index in [1.54, 1.807) is 37.3 Å². The highest BCUT2D eigenvalue weighted by Gasteiger charge is 2.33. The lowest BCUT2D eigenvalue weighted by Gasteiger charge is -2.33. The number of rotatable bonds is 3. The van der Waals surface area contributed by atoms with E-state index in [0.717, 1.165) is 0 Å². The SMILES string of the molecule is C=CC(C)NC(=O)N1CC(C(=O)O)Oc2ccccc21. The van der Waals surface area contributed by atoms with Crippen molar-refractivity contribution in [3.63, 3.8) is 0 Å². The summed E-state index contributed by atoms with van der Waals surface area (Å²) in [5.41, 5.74) is 0.554. The zero-order chi connectivity index (χ0) is 14.7.